The van der Waals surface area contributed by atoms with Gasteiger partial charge in [-0.25, -0.2) is 9.48 Å². The molecule has 4 amide bonds. The summed E-state index contributed by atoms with van der Waals surface area (Å²) in [5.74, 6) is -1.60. The molecule has 1 N–H and O–H groups in total. The number of benzene rings is 1. The van der Waals surface area contributed by atoms with Gasteiger partial charge in [-0.05, 0) is 43.5 Å². The molecule has 1 saturated heterocycles. The molecule has 3 heterocycles. The van der Waals surface area contributed by atoms with Crippen LogP contribution in [-0.4, -0.2) is 68.6 Å². The van der Waals surface area contributed by atoms with Crippen molar-refractivity contribution in [2.24, 2.45) is 0 Å². The molecule has 0 saturated carbocycles. The highest BCUT2D eigenvalue weighted by molar-refractivity contribution is 6.04. The van der Waals surface area contributed by atoms with Gasteiger partial charge < -0.3 is 10.2 Å². The maximum absolute atomic E-state index is 13.6. The highest BCUT2D eigenvalue weighted by Crippen LogP contribution is 2.31. The smallest absolute Gasteiger partial charge is 0.350 e. The second kappa shape index (κ2) is 11.2. The Morgan fingerprint density at radius 1 is 0.973 bits per heavy atom. The first-order chi connectivity index (χ1) is 17.8. The Hall–Kier alpha value is -4.22. The molecule has 0 radical (unpaired) electrons. The van der Waals surface area contributed by atoms with Crippen molar-refractivity contribution in [3.63, 3.8) is 0 Å². The quantitative estimate of drug-likeness (QED) is 0.540. The summed E-state index contributed by atoms with van der Waals surface area (Å²) < 4.78 is 41.9. The van der Waals surface area contributed by atoms with E-state index in [1.54, 1.807) is 35.2 Å². The predicted octanol–water partition coefficient (Wildman–Crippen LogP) is 3.76. The van der Waals surface area contributed by atoms with Gasteiger partial charge in [0.15, 0.2) is 5.69 Å². The van der Waals surface area contributed by atoms with Gasteiger partial charge in [0, 0.05) is 50.3 Å². The van der Waals surface area contributed by atoms with Crippen LogP contribution in [0.15, 0.2) is 61.1 Å². The van der Waals surface area contributed by atoms with Crippen LogP contribution < -0.4 is 5.32 Å². The van der Waals surface area contributed by atoms with Crippen molar-refractivity contribution in [2.45, 2.75) is 25.4 Å². The second-order valence-corrected chi connectivity index (χ2v) is 8.45. The summed E-state index contributed by atoms with van der Waals surface area (Å²) in [6.07, 6.45) is 1.59. The van der Waals surface area contributed by atoms with Crippen LogP contribution >= 0.6 is 0 Å². The number of piperidine rings is 1. The Bertz CT molecular complexity index is 1240. The van der Waals surface area contributed by atoms with E-state index in [1.165, 1.54) is 24.5 Å². The minimum Gasteiger partial charge on any atom is -0.350 e. The third-order valence-electron chi connectivity index (χ3n) is 5.90. The third-order valence-corrected chi connectivity index (χ3v) is 5.90. The summed E-state index contributed by atoms with van der Waals surface area (Å²) in [5, 5.41) is 5.97. The van der Waals surface area contributed by atoms with Gasteiger partial charge in [0.2, 0.25) is 0 Å². The normalized spacial score (nSPS) is 13.8. The molecule has 3 aromatic rings. The number of imide groups is 1. The fourth-order valence-corrected chi connectivity index (χ4v) is 4.03. The number of carbonyl (C=O) groups is 3. The predicted molar refractivity (Wildman–Crippen MR) is 127 cm³/mol. The van der Waals surface area contributed by atoms with Crippen molar-refractivity contribution >= 4 is 17.8 Å². The van der Waals surface area contributed by atoms with E-state index in [2.05, 4.69) is 15.4 Å². The van der Waals surface area contributed by atoms with Gasteiger partial charge in [-0.2, -0.15) is 18.3 Å². The van der Waals surface area contributed by atoms with E-state index < -0.39 is 35.3 Å². The largest absolute Gasteiger partial charge is 0.435 e. The molecule has 1 aromatic carbocycles. The van der Waals surface area contributed by atoms with Gasteiger partial charge in [-0.1, -0.05) is 18.2 Å². The fraction of sp³-hybridized carbons (Fsp3) is 0.320. The molecule has 12 heteroatoms. The average Bonchev–Trinajstić information content (AvgIpc) is 3.39. The zero-order chi connectivity index (χ0) is 26.4. The molecule has 9 nitrogen and oxygen atoms in total. The Kier molecular flexibility index (Phi) is 7.85. The fourth-order valence-electron chi connectivity index (χ4n) is 4.03. The van der Waals surface area contributed by atoms with Crippen molar-refractivity contribution in [1.29, 1.82) is 0 Å². The van der Waals surface area contributed by atoms with Crippen molar-refractivity contribution in [1.82, 2.24) is 29.9 Å². The van der Waals surface area contributed by atoms with Crippen LogP contribution in [0.3, 0.4) is 0 Å². The molecular formula is C25H25F3N6O3. The van der Waals surface area contributed by atoms with Gasteiger partial charge in [0.1, 0.15) is 0 Å². The number of urea groups is 1. The van der Waals surface area contributed by atoms with Crippen molar-refractivity contribution in [2.75, 3.05) is 26.2 Å². The Morgan fingerprint density at radius 2 is 1.65 bits per heavy atom. The zero-order valence-electron chi connectivity index (χ0n) is 19.8. The monoisotopic (exact) mass is 514 g/mol. The average molecular weight is 515 g/mol. The third kappa shape index (κ3) is 6.13. The van der Waals surface area contributed by atoms with Crippen molar-refractivity contribution in [3.8, 4) is 5.69 Å². The van der Waals surface area contributed by atoms with E-state index >= 15 is 0 Å². The first kappa shape index (κ1) is 25.9. The maximum Gasteiger partial charge on any atom is 0.435 e. The number of likely N-dealkylation sites (tertiary alicyclic amines) is 1. The number of para-hydroxylation sites is 1. The number of nitrogens with zero attached hydrogens (tertiary/aromatic N) is 5. The molecule has 0 aliphatic carbocycles. The van der Waals surface area contributed by atoms with Crippen LogP contribution in [-0.2, 0) is 6.18 Å². The van der Waals surface area contributed by atoms with Gasteiger partial charge >= 0.3 is 12.2 Å². The maximum atomic E-state index is 13.6. The van der Waals surface area contributed by atoms with Crippen molar-refractivity contribution in [3.05, 3.63) is 77.9 Å². The van der Waals surface area contributed by atoms with E-state index in [0.29, 0.717) is 18.8 Å². The molecule has 4 rings (SSSR count). The molecule has 2 aromatic heterocycles. The number of carbonyl (C=O) groups excluding carboxylic acids is 3. The lowest BCUT2D eigenvalue weighted by Gasteiger charge is -2.32. The lowest BCUT2D eigenvalue weighted by Crippen LogP contribution is -2.50. The molecule has 0 unspecified atom stereocenters. The number of nitrogens with one attached hydrogen (secondary N) is 1. The van der Waals surface area contributed by atoms with Gasteiger partial charge in [0.25, 0.3) is 11.8 Å². The highest BCUT2D eigenvalue weighted by Gasteiger charge is 2.39. The van der Waals surface area contributed by atoms with Crippen molar-refractivity contribution < 1.29 is 27.6 Å². The number of rotatable bonds is 6. The summed E-state index contributed by atoms with van der Waals surface area (Å²) in [7, 11) is 0. The van der Waals surface area contributed by atoms with Crippen LogP contribution in [0, 0.1) is 0 Å². The minimum absolute atomic E-state index is 0.226. The van der Waals surface area contributed by atoms with E-state index in [-0.39, 0.29) is 18.7 Å². The molecule has 1 aliphatic rings. The van der Waals surface area contributed by atoms with Crippen LogP contribution in [0.1, 0.15) is 45.7 Å². The summed E-state index contributed by atoms with van der Waals surface area (Å²) in [4.78, 5) is 45.5. The zero-order valence-corrected chi connectivity index (χ0v) is 19.8. The standard InChI is InChI=1S/C25H25F3N6O3/c26-25(27,28)21-20(17-34(31-21)19-7-3-1-4-8-19)22(35)30-13-16-33(23(36)18-9-11-29-12-10-18)24(37)32-14-5-2-6-15-32/h1,3-4,7-12,17H,2,5-6,13-16H2,(H,30,35). The van der Waals surface area contributed by atoms with Gasteiger partial charge in [-0.3, -0.25) is 19.5 Å². The topological polar surface area (TPSA) is 100 Å². The molecule has 0 atom stereocenters. The lowest BCUT2D eigenvalue weighted by molar-refractivity contribution is -0.141. The number of hydrogen-bond donors (Lipinski definition) is 1. The second-order valence-electron chi connectivity index (χ2n) is 8.45. The number of aromatic nitrogens is 3. The van der Waals surface area contributed by atoms with Crippen LogP contribution in [0.4, 0.5) is 18.0 Å². The van der Waals surface area contributed by atoms with Crippen LogP contribution in [0.5, 0.6) is 0 Å². The first-order valence-corrected chi connectivity index (χ1v) is 11.8. The van der Waals surface area contributed by atoms with E-state index in [4.69, 9.17) is 0 Å². The molecular weight excluding hydrogens is 489 g/mol. The molecule has 1 aliphatic heterocycles. The molecule has 1 fully saturated rings. The van der Waals surface area contributed by atoms with Gasteiger partial charge in [-0.15, -0.1) is 0 Å². The Morgan fingerprint density at radius 3 is 2.30 bits per heavy atom. The first-order valence-electron chi connectivity index (χ1n) is 11.8. The number of pyridine rings is 1. The summed E-state index contributed by atoms with van der Waals surface area (Å²) >= 11 is 0. The molecule has 0 bridgehead atoms. The minimum atomic E-state index is -4.86. The van der Waals surface area contributed by atoms with Gasteiger partial charge in [0.05, 0.1) is 11.3 Å². The Balaban J connectivity index is 1.51. The number of halogens is 3. The van der Waals surface area contributed by atoms with E-state index in [1.807, 2.05) is 0 Å². The molecule has 37 heavy (non-hydrogen) atoms. The van der Waals surface area contributed by atoms with E-state index in [0.717, 1.165) is 35.0 Å². The van der Waals surface area contributed by atoms with Crippen LogP contribution in [0.25, 0.3) is 5.69 Å². The molecule has 194 valence electrons. The summed E-state index contributed by atoms with van der Waals surface area (Å²) in [5.41, 5.74) is -1.41. The number of amides is 4. The van der Waals surface area contributed by atoms with Crippen LogP contribution in [0.2, 0.25) is 0 Å². The highest BCUT2D eigenvalue weighted by atomic mass is 19.4. The summed E-state index contributed by atoms with van der Waals surface area (Å²) in [6.45, 7) is 0.525. The summed E-state index contributed by atoms with van der Waals surface area (Å²) in [6, 6.07) is 10.5. The Labute approximate surface area is 210 Å². The number of alkyl halides is 3. The molecule has 0 spiro atoms. The number of hydrogen-bond acceptors (Lipinski definition) is 5. The SMILES string of the molecule is O=C(NCCN(C(=O)c1ccncc1)C(=O)N1CCCCC1)c1cn(-c2ccccc2)nc1C(F)(F)F. The lowest BCUT2D eigenvalue weighted by atomic mass is 10.1. The van der Waals surface area contributed by atoms with E-state index in [9.17, 15) is 27.6 Å².